The summed E-state index contributed by atoms with van der Waals surface area (Å²) >= 11 is 0. The van der Waals surface area contributed by atoms with Gasteiger partial charge < -0.3 is 19.9 Å². The van der Waals surface area contributed by atoms with Crippen molar-refractivity contribution < 1.29 is 9.53 Å². The quantitative estimate of drug-likeness (QED) is 0.745. The Hall–Kier alpha value is -3.01. The molecule has 2 saturated heterocycles. The summed E-state index contributed by atoms with van der Waals surface area (Å²) in [4.78, 5) is 35.9. The third-order valence-corrected chi connectivity index (χ3v) is 5.88. The van der Waals surface area contributed by atoms with Gasteiger partial charge in [-0.25, -0.2) is 19.7 Å². The lowest BCUT2D eigenvalue weighted by Crippen LogP contribution is -2.44. The number of likely N-dealkylation sites (N-methyl/N-ethyl adjacent to an activating group) is 1. The lowest BCUT2D eigenvalue weighted by atomic mass is 10.1. The number of cyclic esters (lactones) is 1. The fraction of sp³-hybridized carbons (Fsp3) is 0.571. The van der Waals surface area contributed by atoms with Gasteiger partial charge in [-0.3, -0.25) is 4.98 Å². The first-order valence-corrected chi connectivity index (χ1v) is 10.7. The van der Waals surface area contributed by atoms with Crippen molar-refractivity contribution in [2.45, 2.75) is 32.9 Å². The largest absolute Gasteiger partial charge is 0.447 e. The minimum absolute atomic E-state index is 0.0936. The predicted octanol–water partition coefficient (Wildman–Crippen LogP) is 2.17. The van der Waals surface area contributed by atoms with E-state index in [4.69, 9.17) is 4.74 Å². The van der Waals surface area contributed by atoms with Gasteiger partial charge >= 0.3 is 6.09 Å². The normalized spacial score (nSPS) is 20.8. The van der Waals surface area contributed by atoms with Crippen molar-refractivity contribution in [3.63, 3.8) is 0 Å². The highest BCUT2D eigenvalue weighted by Crippen LogP contribution is 2.25. The van der Waals surface area contributed by atoms with Gasteiger partial charge in [-0.2, -0.15) is 4.98 Å². The Morgan fingerprint density at radius 2 is 1.87 bits per heavy atom. The molecule has 4 rings (SSSR count). The van der Waals surface area contributed by atoms with Crippen LogP contribution in [0.25, 0.3) is 0 Å². The van der Waals surface area contributed by atoms with Crippen molar-refractivity contribution in [1.82, 2.24) is 24.8 Å². The Balaban J connectivity index is 1.43. The molecule has 2 aliphatic rings. The number of aromatic nitrogens is 4. The Labute approximate surface area is 182 Å². The first-order chi connectivity index (χ1) is 14.9. The van der Waals surface area contributed by atoms with Crippen LogP contribution in [0.15, 0.2) is 24.7 Å². The van der Waals surface area contributed by atoms with E-state index in [2.05, 4.69) is 48.2 Å². The second-order valence-electron chi connectivity index (χ2n) is 8.46. The number of ether oxygens (including phenoxy) is 1. The maximum absolute atomic E-state index is 12.2. The summed E-state index contributed by atoms with van der Waals surface area (Å²) in [7, 11) is 2.15. The zero-order valence-electron chi connectivity index (χ0n) is 18.5. The Morgan fingerprint density at radius 1 is 1.10 bits per heavy atom. The van der Waals surface area contributed by atoms with E-state index in [0.717, 1.165) is 37.6 Å². The van der Waals surface area contributed by atoms with Gasteiger partial charge in [0.2, 0.25) is 11.9 Å². The van der Waals surface area contributed by atoms with Gasteiger partial charge in [0.05, 0.1) is 29.7 Å². The molecule has 10 nitrogen and oxygen atoms in total. The van der Waals surface area contributed by atoms with Crippen LogP contribution in [0.2, 0.25) is 0 Å². The molecule has 0 saturated carbocycles. The molecule has 0 radical (unpaired) electrons. The maximum Gasteiger partial charge on any atom is 0.417 e. The smallest absolute Gasteiger partial charge is 0.417 e. The molecule has 1 amide bonds. The topological polar surface area (TPSA) is 99.6 Å². The highest BCUT2D eigenvalue weighted by molar-refractivity contribution is 5.88. The summed E-state index contributed by atoms with van der Waals surface area (Å²) in [6, 6.07) is 3.94. The number of nitrogens with one attached hydrogen (secondary N) is 1. The number of piperazine rings is 1. The second kappa shape index (κ2) is 9.01. The first kappa shape index (κ1) is 21.2. The molecule has 166 valence electrons. The predicted molar refractivity (Wildman–Crippen MR) is 118 cm³/mol. The van der Waals surface area contributed by atoms with Crippen molar-refractivity contribution in [2.75, 3.05) is 55.0 Å². The average molecular weight is 427 g/mol. The van der Waals surface area contributed by atoms with Crippen LogP contribution in [0, 0.1) is 5.92 Å². The number of pyridine rings is 1. The van der Waals surface area contributed by atoms with E-state index in [1.165, 1.54) is 11.2 Å². The van der Waals surface area contributed by atoms with Crippen molar-refractivity contribution in [2.24, 2.45) is 5.92 Å². The summed E-state index contributed by atoms with van der Waals surface area (Å²) in [5.41, 5.74) is 2.03. The van der Waals surface area contributed by atoms with Gasteiger partial charge in [0.25, 0.3) is 0 Å². The lowest BCUT2D eigenvalue weighted by molar-refractivity contribution is 0.177. The zero-order chi connectivity index (χ0) is 22.0. The van der Waals surface area contributed by atoms with E-state index in [1.54, 1.807) is 0 Å². The molecule has 0 bridgehead atoms. The van der Waals surface area contributed by atoms with Crippen molar-refractivity contribution in [3.05, 3.63) is 30.4 Å². The van der Waals surface area contributed by atoms with E-state index in [1.807, 2.05) is 33.0 Å². The van der Waals surface area contributed by atoms with Gasteiger partial charge in [-0.05, 0) is 32.0 Å². The van der Waals surface area contributed by atoms with Crippen LogP contribution in [0.1, 0.15) is 32.5 Å². The molecule has 1 N–H and O–H groups in total. The molecule has 1 unspecified atom stereocenters. The molecule has 4 heterocycles. The molecule has 2 aromatic heterocycles. The number of anilines is 3. The number of hydrogen-bond donors (Lipinski definition) is 1. The summed E-state index contributed by atoms with van der Waals surface area (Å²) in [5.74, 6) is 0.912. The Kier molecular flexibility index (Phi) is 6.17. The molecule has 2 fully saturated rings. The molecule has 0 aliphatic carbocycles. The SMILES string of the molecule is CC(C)C1COC(=O)N1c1ncnc(N[C@@H](C)c2ccc(N3CCN(C)CC3)cn2)n1. The molecule has 0 spiro atoms. The van der Waals surface area contributed by atoms with E-state index in [9.17, 15) is 4.79 Å². The standard InChI is InChI=1S/C21H30N8O2/c1-14(2)18-12-31-21(30)29(18)20-24-13-23-19(26-20)25-15(3)17-6-5-16(11-22-17)28-9-7-27(4)8-10-28/h5-6,11,13-15,18H,7-10,12H2,1-4H3,(H,23,24,25,26)/t15-,18?/m0/s1. The lowest BCUT2D eigenvalue weighted by Gasteiger charge is -2.33. The highest BCUT2D eigenvalue weighted by atomic mass is 16.6. The van der Waals surface area contributed by atoms with Gasteiger partial charge in [-0.15, -0.1) is 0 Å². The second-order valence-corrected chi connectivity index (χ2v) is 8.46. The van der Waals surface area contributed by atoms with Gasteiger partial charge in [0, 0.05) is 26.2 Å². The third-order valence-electron chi connectivity index (χ3n) is 5.88. The van der Waals surface area contributed by atoms with Gasteiger partial charge in [-0.1, -0.05) is 13.8 Å². The van der Waals surface area contributed by atoms with E-state index in [0.29, 0.717) is 18.5 Å². The third kappa shape index (κ3) is 4.68. The summed E-state index contributed by atoms with van der Waals surface area (Å²) in [6.07, 6.45) is 2.90. The van der Waals surface area contributed by atoms with Crippen molar-refractivity contribution in [1.29, 1.82) is 0 Å². The fourth-order valence-electron chi connectivity index (χ4n) is 3.80. The van der Waals surface area contributed by atoms with Crippen LogP contribution in [0.5, 0.6) is 0 Å². The van der Waals surface area contributed by atoms with Crippen LogP contribution >= 0.6 is 0 Å². The van der Waals surface area contributed by atoms with Gasteiger partial charge in [0.15, 0.2) is 0 Å². The first-order valence-electron chi connectivity index (χ1n) is 10.7. The number of rotatable bonds is 6. The van der Waals surface area contributed by atoms with Crippen LogP contribution in [-0.2, 0) is 4.74 Å². The number of carbonyl (C=O) groups is 1. The summed E-state index contributed by atoms with van der Waals surface area (Å²) < 4.78 is 5.20. The molecule has 31 heavy (non-hydrogen) atoms. The zero-order valence-corrected chi connectivity index (χ0v) is 18.5. The highest BCUT2D eigenvalue weighted by Gasteiger charge is 2.38. The van der Waals surface area contributed by atoms with Crippen LogP contribution in [-0.4, -0.2) is 76.8 Å². The minimum Gasteiger partial charge on any atom is -0.447 e. The molecular formula is C21H30N8O2. The monoisotopic (exact) mass is 426 g/mol. The summed E-state index contributed by atoms with van der Waals surface area (Å²) in [5, 5.41) is 3.26. The minimum atomic E-state index is -0.426. The molecule has 10 heteroatoms. The molecular weight excluding hydrogens is 396 g/mol. The van der Waals surface area contributed by atoms with Crippen LogP contribution < -0.4 is 15.1 Å². The summed E-state index contributed by atoms with van der Waals surface area (Å²) in [6.45, 7) is 10.6. The molecule has 2 atom stereocenters. The number of nitrogens with zero attached hydrogens (tertiary/aromatic N) is 7. The van der Waals surface area contributed by atoms with E-state index in [-0.39, 0.29) is 18.0 Å². The molecule has 2 aliphatic heterocycles. The van der Waals surface area contributed by atoms with Crippen molar-refractivity contribution >= 4 is 23.7 Å². The Morgan fingerprint density at radius 3 is 2.55 bits per heavy atom. The van der Waals surface area contributed by atoms with Gasteiger partial charge in [0.1, 0.15) is 12.9 Å². The number of hydrogen-bond acceptors (Lipinski definition) is 9. The van der Waals surface area contributed by atoms with Crippen LogP contribution in [0.3, 0.4) is 0 Å². The number of carbonyl (C=O) groups excluding carboxylic acids is 1. The van der Waals surface area contributed by atoms with Crippen molar-refractivity contribution in [3.8, 4) is 0 Å². The van der Waals surface area contributed by atoms with E-state index < -0.39 is 6.09 Å². The average Bonchev–Trinajstić information content (AvgIpc) is 3.16. The fourth-order valence-corrected chi connectivity index (χ4v) is 3.80. The van der Waals surface area contributed by atoms with E-state index >= 15 is 0 Å². The number of amides is 1. The van der Waals surface area contributed by atoms with Crippen LogP contribution in [0.4, 0.5) is 22.4 Å². The maximum atomic E-state index is 12.2. The molecule has 0 aromatic carbocycles. The Bertz CT molecular complexity index is 899. The molecule has 2 aromatic rings.